The summed E-state index contributed by atoms with van der Waals surface area (Å²) in [4.78, 5) is 11.8. The number of fused-ring (bicyclic) bond motifs is 1. The van der Waals surface area contributed by atoms with Crippen molar-refractivity contribution in [3.8, 4) is 0 Å². The van der Waals surface area contributed by atoms with Gasteiger partial charge in [0.15, 0.2) is 0 Å². The van der Waals surface area contributed by atoms with E-state index in [1.54, 1.807) is 0 Å². The predicted octanol–water partition coefficient (Wildman–Crippen LogP) is 2.53. The minimum Gasteiger partial charge on any atom is -0.462 e. The molecule has 2 heterocycles. The normalized spacial score (nSPS) is 61.5. The molecule has 0 unspecified atom stereocenters. The van der Waals surface area contributed by atoms with Crippen LogP contribution in [0.5, 0.6) is 0 Å². The Morgan fingerprint density at radius 2 is 2.00 bits per heavy atom. The summed E-state index contributed by atoms with van der Waals surface area (Å²) in [5.74, 6) is 1.20. The van der Waals surface area contributed by atoms with E-state index in [2.05, 4.69) is 13.8 Å². The molecule has 18 heavy (non-hydrogen) atoms. The Labute approximate surface area is 108 Å². The van der Waals surface area contributed by atoms with E-state index >= 15 is 0 Å². The highest BCUT2D eigenvalue weighted by atomic mass is 16.6. The third-order valence-corrected chi connectivity index (χ3v) is 6.65. The molecule has 3 heteroatoms. The van der Waals surface area contributed by atoms with Crippen LogP contribution in [0.3, 0.4) is 0 Å². The van der Waals surface area contributed by atoms with E-state index in [0.29, 0.717) is 17.9 Å². The molecule has 1 spiro atoms. The highest BCUT2D eigenvalue weighted by Gasteiger charge is 2.74. The SMILES string of the molecule is C[C@@H]1C(=O)O[C@@H]2C[C@@]34O[C@@H]3CC[C@H](C)[C@@]4(C)C[C@H]12. The molecule has 0 bridgehead atoms. The monoisotopic (exact) mass is 250 g/mol. The Bertz CT molecular complexity index is 420. The smallest absolute Gasteiger partial charge is 0.309 e. The van der Waals surface area contributed by atoms with Gasteiger partial charge in [0, 0.05) is 17.8 Å². The van der Waals surface area contributed by atoms with Crippen molar-refractivity contribution in [1.29, 1.82) is 0 Å². The lowest BCUT2D eigenvalue weighted by Crippen LogP contribution is -2.54. The molecule has 2 saturated heterocycles. The topological polar surface area (TPSA) is 38.8 Å². The molecule has 0 N–H and O–H groups in total. The number of carbonyl (C=O) groups excluding carboxylic acids is 1. The molecule has 0 amide bonds. The van der Waals surface area contributed by atoms with Crippen molar-refractivity contribution in [3.63, 3.8) is 0 Å². The molecule has 4 aliphatic rings. The van der Waals surface area contributed by atoms with Gasteiger partial charge in [0.05, 0.1) is 12.0 Å². The van der Waals surface area contributed by atoms with Gasteiger partial charge < -0.3 is 9.47 Å². The molecule has 0 aromatic heterocycles. The van der Waals surface area contributed by atoms with Gasteiger partial charge in [0.1, 0.15) is 11.7 Å². The standard InChI is InChI=1S/C15H22O3/c1-8-4-5-12-15(18-12)7-11-10(6-14(8,15)3)9(2)13(16)17-11/h8-12H,4-7H2,1-3H3/t8-,9-,10+,11+,12+,14+,15+/m0/s1. The Morgan fingerprint density at radius 1 is 1.22 bits per heavy atom. The van der Waals surface area contributed by atoms with Gasteiger partial charge in [0.25, 0.3) is 0 Å². The van der Waals surface area contributed by atoms with E-state index in [4.69, 9.17) is 9.47 Å². The van der Waals surface area contributed by atoms with Gasteiger partial charge in [-0.2, -0.15) is 0 Å². The van der Waals surface area contributed by atoms with Crippen molar-refractivity contribution >= 4 is 5.97 Å². The van der Waals surface area contributed by atoms with Crippen LogP contribution in [0.1, 0.15) is 46.5 Å². The van der Waals surface area contributed by atoms with E-state index in [9.17, 15) is 4.79 Å². The molecule has 2 saturated carbocycles. The Hall–Kier alpha value is -0.570. The van der Waals surface area contributed by atoms with Crippen LogP contribution < -0.4 is 0 Å². The zero-order valence-corrected chi connectivity index (χ0v) is 11.4. The zero-order chi connectivity index (χ0) is 12.7. The fourth-order valence-corrected chi connectivity index (χ4v) is 5.07. The third kappa shape index (κ3) is 1.08. The van der Waals surface area contributed by atoms with Crippen LogP contribution >= 0.6 is 0 Å². The molecule has 7 atom stereocenters. The Morgan fingerprint density at radius 3 is 2.78 bits per heavy atom. The van der Waals surface area contributed by atoms with Crippen molar-refractivity contribution in [2.45, 2.75) is 64.3 Å². The van der Waals surface area contributed by atoms with E-state index < -0.39 is 0 Å². The summed E-state index contributed by atoms with van der Waals surface area (Å²) in [5.41, 5.74) is 0.287. The maximum atomic E-state index is 11.8. The van der Waals surface area contributed by atoms with Crippen LogP contribution in [-0.4, -0.2) is 23.8 Å². The van der Waals surface area contributed by atoms with Crippen LogP contribution in [0, 0.1) is 23.2 Å². The summed E-state index contributed by atoms with van der Waals surface area (Å²) in [6, 6.07) is 0. The summed E-state index contributed by atoms with van der Waals surface area (Å²) in [6.07, 6.45) is 5.06. The van der Waals surface area contributed by atoms with Gasteiger partial charge in [-0.1, -0.05) is 20.8 Å². The van der Waals surface area contributed by atoms with Crippen molar-refractivity contribution in [2.24, 2.45) is 23.2 Å². The van der Waals surface area contributed by atoms with Crippen molar-refractivity contribution in [2.75, 3.05) is 0 Å². The van der Waals surface area contributed by atoms with Crippen molar-refractivity contribution in [3.05, 3.63) is 0 Å². The van der Waals surface area contributed by atoms with Gasteiger partial charge in [0.2, 0.25) is 0 Å². The minimum atomic E-state index is 0.00787. The van der Waals surface area contributed by atoms with E-state index in [1.807, 2.05) is 6.92 Å². The Kier molecular flexibility index (Phi) is 1.95. The molecule has 0 aromatic rings. The van der Waals surface area contributed by atoms with Crippen LogP contribution in [0.15, 0.2) is 0 Å². The minimum absolute atomic E-state index is 0.00787. The van der Waals surface area contributed by atoms with E-state index in [1.165, 1.54) is 12.8 Å². The molecule has 100 valence electrons. The first-order valence-electron chi connectivity index (χ1n) is 7.36. The number of ether oxygens (including phenoxy) is 2. The number of hydrogen-bond donors (Lipinski definition) is 0. The molecule has 4 fully saturated rings. The first kappa shape index (κ1) is 11.3. The third-order valence-electron chi connectivity index (χ3n) is 6.65. The first-order chi connectivity index (χ1) is 8.48. The van der Waals surface area contributed by atoms with Gasteiger partial charge in [-0.05, 0) is 25.2 Å². The molecular weight excluding hydrogens is 228 g/mol. The molecule has 0 radical (unpaired) electrons. The lowest BCUT2D eigenvalue weighted by molar-refractivity contribution is -0.146. The predicted molar refractivity (Wildman–Crippen MR) is 65.9 cm³/mol. The zero-order valence-electron chi connectivity index (χ0n) is 11.4. The average molecular weight is 250 g/mol. The average Bonchev–Trinajstić information content (AvgIpc) is 2.98. The number of hydrogen-bond acceptors (Lipinski definition) is 3. The quantitative estimate of drug-likeness (QED) is 0.490. The lowest BCUT2D eigenvalue weighted by atomic mass is 9.52. The van der Waals surface area contributed by atoms with Crippen LogP contribution in [0.25, 0.3) is 0 Å². The number of epoxide rings is 1. The number of rotatable bonds is 0. The van der Waals surface area contributed by atoms with Gasteiger partial charge >= 0.3 is 5.97 Å². The summed E-state index contributed by atoms with van der Waals surface area (Å²) in [6.45, 7) is 6.79. The molecular formula is C15H22O3. The maximum absolute atomic E-state index is 11.8. The number of esters is 1. The second-order valence-electron chi connectivity index (χ2n) is 7.23. The second kappa shape index (κ2) is 3.12. The van der Waals surface area contributed by atoms with Crippen LogP contribution in [0.2, 0.25) is 0 Å². The van der Waals surface area contributed by atoms with Gasteiger partial charge in [-0.25, -0.2) is 0 Å². The summed E-state index contributed by atoms with van der Waals surface area (Å²) >= 11 is 0. The molecule has 2 aliphatic heterocycles. The molecule has 0 aromatic carbocycles. The lowest BCUT2D eigenvalue weighted by Gasteiger charge is -2.50. The van der Waals surface area contributed by atoms with E-state index in [-0.39, 0.29) is 29.0 Å². The maximum Gasteiger partial charge on any atom is 0.309 e. The highest BCUT2D eigenvalue weighted by molar-refractivity contribution is 5.75. The molecule has 2 aliphatic carbocycles. The summed E-state index contributed by atoms with van der Waals surface area (Å²) in [5, 5.41) is 0. The first-order valence-corrected chi connectivity index (χ1v) is 7.36. The fourth-order valence-electron chi connectivity index (χ4n) is 5.07. The van der Waals surface area contributed by atoms with Crippen molar-refractivity contribution < 1.29 is 14.3 Å². The van der Waals surface area contributed by atoms with Gasteiger partial charge in [-0.15, -0.1) is 0 Å². The highest BCUT2D eigenvalue weighted by Crippen LogP contribution is 2.68. The van der Waals surface area contributed by atoms with Crippen LogP contribution in [-0.2, 0) is 14.3 Å². The molecule has 4 rings (SSSR count). The second-order valence-corrected chi connectivity index (χ2v) is 7.23. The van der Waals surface area contributed by atoms with Gasteiger partial charge in [-0.3, -0.25) is 4.79 Å². The largest absolute Gasteiger partial charge is 0.462 e. The van der Waals surface area contributed by atoms with Crippen molar-refractivity contribution in [1.82, 2.24) is 0 Å². The Balaban J connectivity index is 1.72. The molecule has 3 nitrogen and oxygen atoms in total. The fraction of sp³-hybridized carbons (Fsp3) is 0.933. The van der Waals surface area contributed by atoms with Crippen LogP contribution in [0.4, 0.5) is 0 Å². The number of carbonyl (C=O) groups is 1. The van der Waals surface area contributed by atoms with E-state index in [0.717, 1.165) is 12.8 Å². The summed E-state index contributed by atoms with van der Waals surface area (Å²) in [7, 11) is 0. The summed E-state index contributed by atoms with van der Waals surface area (Å²) < 4.78 is 11.7.